The Morgan fingerprint density at radius 2 is 1.79 bits per heavy atom. The van der Waals surface area contributed by atoms with Gasteiger partial charge in [-0.05, 0) is 43.7 Å². The monoisotopic (exact) mass is 463 g/mol. The molecular formula is C25H22FN3O3S. The van der Waals surface area contributed by atoms with Crippen LogP contribution in [0, 0.1) is 19.7 Å². The van der Waals surface area contributed by atoms with Crippen LogP contribution in [0.2, 0.25) is 0 Å². The van der Waals surface area contributed by atoms with Crippen LogP contribution in [0.1, 0.15) is 37.7 Å². The highest BCUT2D eigenvalue weighted by atomic mass is 32.1. The highest BCUT2D eigenvalue weighted by Gasteiger charge is 2.36. The first-order chi connectivity index (χ1) is 16.0. The van der Waals surface area contributed by atoms with Gasteiger partial charge in [0.25, 0.3) is 5.91 Å². The van der Waals surface area contributed by atoms with Gasteiger partial charge in [0.15, 0.2) is 0 Å². The molecule has 0 saturated carbocycles. The first kappa shape index (κ1) is 22.4. The lowest BCUT2D eigenvalue weighted by Crippen LogP contribution is -2.44. The Labute approximate surface area is 194 Å². The Hall–Kier alpha value is -3.78. The van der Waals surface area contributed by atoms with Crippen LogP contribution in [0.3, 0.4) is 0 Å². The van der Waals surface area contributed by atoms with Crippen molar-refractivity contribution in [3.05, 3.63) is 106 Å². The SMILES string of the molecule is Cc1nc(C)c(C(=O)N(c2ccccc2F)C(C(=O)NCc2ccco2)c2ccccc2)s1. The third kappa shape index (κ3) is 4.85. The molecule has 0 bridgehead atoms. The number of amides is 2. The van der Waals surface area contributed by atoms with E-state index in [4.69, 9.17) is 4.42 Å². The van der Waals surface area contributed by atoms with Crippen molar-refractivity contribution in [1.29, 1.82) is 0 Å². The minimum absolute atomic E-state index is 0.00922. The smallest absolute Gasteiger partial charge is 0.271 e. The second kappa shape index (κ2) is 9.79. The van der Waals surface area contributed by atoms with Crippen molar-refractivity contribution in [2.45, 2.75) is 26.4 Å². The summed E-state index contributed by atoms with van der Waals surface area (Å²) in [7, 11) is 0. The second-order valence-corrected chi connectivity index (χ2v) is 8.59. The average Bonchev–Trinajstić information content (AvgIpc) is 3.45. The van der Waals surface area contributed by atoms with Gasteiger partial charge in [0, 0.05) is 0 Å². The van der Waals surface area contributed by atoms with Crippen LogP contribution < -0.4 is 10.2 Å². The molecule has 1 unspecified atom stereocenters. The number of nitrogens with one attached hydrogen (secondary N) is 1. The zero-order valence-electron chi connectivity index (χ0n) is 18.1. The quantitative estimate of drug-likeness (QED) is 0.409. The number of carbonyl (C=O) groups is 2. The summed E-state index contributed by atoms with van der Waals surface area (Å²) in [6.45, 7) is 3.66. The third-order valence-electron chi connectivity index (χ3n) is 5.07. The molecule has 0 saturated heterocycles. The fraction of sp³-hybridized carbons (Fsp3) is 0.160. The van der Waals surface area contributed by atoms with Crippen LogP contribution in [0.15, 0.2) is 77.4 Å². The maximum Gasteiger partial charge on any atom is 0.271 e. The maximum absolute atomic E-state index is 15.0. The van der Waals surface area contributed by atoms with Crippen molar-refractivity contribution in [3.8, 4) is 0 Å². The number of aromatic nitrogens is 1. The third-order valence-corrected chi connectivity index (χ3v) is 6.13. The molecule has 0 aliphatic heterocycles. The van der Waals surface area contributed by atoms with Gasteiger partial charge in [0.1, 0.15) is 22.5 Å². The first-order valence-electron chi connectivity index (χ1n) is 10.3. The Morgan fingerprint density at radius 3 is 2.42 bits per heavy atom. The van der Waals surface area contributed by atoms with Crippen molar-refractivity contribution in [2.75, 3.05) is 4.90 Å². The number of rotatable bonds is 7. The number of aryl methyl sites for hydroxylation is 2. The van der Waals surface area contributed by atoms with E-state index in [-0.39, 0.29) is 12.2 Å². The molecule has 2 amide bonds. The Kier molecular flexibility index (Phi) is 6.65. The number of hydrogen-bond acceptors (Lipinski definition) is 5. The van der Waals surface area contributed by atoms with Gasteiger partial charge in [-0.25, -0.2) is 9.37 Å². The summed E-state index contributed by atoms with van der Waals surface area (Å²) in [5.74, 6) is -1.00. The number of para-hydroxylation sites is 1. The van der Waals surface area contributed by atoms with Crippen molar-refractivity contribution < 1.29 is 18.4 Å². The summed E-state index contributed by atoms with van der Waals surface area (Å²) in [4.78, 5) is 33.2. The van der Waals surface area contributed by atoms with Crippen LogP contribution in [-0.2, 0) is 11.3 Å². The molecule has 6 nitrogen and oxygen atoms in total. The molecule has 0 spiro atoms. The molecule has 1 N–H and O–H groups in total. The number of furan rings is 1. The number of benzene rings is 2. The van der Waals surface area contributed by atoms with Gasteiger partial charge < -0.3 is 9.73 Å². The lowest BCUT2D eigenvalue weighted by molar-refractivity contribution is -0.122. The van der Waals surface area contributed by atoms with Gasteiger partial charge >= 0.3 is 0 Å². The topological polar surface area (TPSA) is 75.4 Å². The molecule has 33 heavy (non-hydrogen) atoms. The lowest BCUT2D eigenvalue weighted by Gasteiger charge is -2.31. The molecule has 2 aromatic carbocycles. The maximum atomic E-state index is 15.0. The number of nitrogens with zero attached hydrogens (tertiary/aromatic N) is 2. The second-order valence-electron chi connectivity index (χ2n) is 7.38. The Bertz CT molecular complexity index is 1260. The highest BCUT2D eigenvalue weighted by Crippen LogP contribution is 2.33. The number of hydrogen-bond donors (Lipinski definition) is 1. The number of halogens is 1. The van der Waals surface area contributed by atoms with Crippen molar-refractivity contribution >= 4 is 28.8 Å². The summed E-state index contributed by atoms with van der Waals surface area (Å²) in [6, 6.07) is 17.1. The number of thiazole rings is 1. The summed E-state index contributed by atoms with van der Waals surface area (Å²) in [5.41, 5.74) is 1.09. The molecule has 4 rings (SSSR count). The van der Waals surface area contributed by atoms with E-state index in [2.05, 4.69) is 10.3 Å². The average molecular weight is 464 g/mol. The normalized spacial score (nSPS) is 11.7. The Balaban J connectivity index is 1.82. The van der Waals surface area contributed by atoms with E-state index >= 15 is 4.39 Å². The van der Waals surface area contributed by atoms with Crippen molar-refractivity contribution in [3.63, 3.8) is 0 Å². The molecule has 4 aromatic rings. The predicted octanol–water partition coefficient (Wildman–Crippen LogP) is 5.20. The van der Waals surface area contributed by atoms with Crippen molar-refractivity contribution in [1.82, 2.24) is 10.3 Å². The minimum Gasteiger partial charge on any atom is -0.467 e. The lowest BCUT2D eigenvalue weighted by atomic mass is 10.0. The van der Waals surface area contributed by atoms with E-state index in [0.717, 1.165) is 0 Å². The van der Waals surface area contributed by atoms with Crippen LogP contribution in [0.4, 0.5) is 10.1 Å². The fourth-order valence-corrected chi connectivity index (χ4v) is 4.45. The molecule has 168 valence electrons. The molecule has 2 heterocycles. The molecule has 0 radical (unpaired) electrons. The number of carbonyl (C=O) groups excluding carboxylic acids is 2. The zero-order chi connectivity index (χ0) is 23.4. The highest BCUT2D eigenvalue weighted by molar-refractivity contribution is 7.13. The summed E-state index contributed by atoms with van der Waals surface area (Å²) >= 11 is 1.22. The molecule has 1 atom stereocenters. The summed E-state index contributed by atoms with van der Waals surface area (Å²) < 4.78 is 20.3. The van der Waals surface area contributed by atoms with E-state index < -0.39 is 23.7 Å². The molecule has 0 aliphatic carbocycles. The largest absolute Gasteiger partial charge is 0.467 e. The van der Waals surface area contributed by atoms with Gasteiger partial charge in [0.05, 0.1) is 29.2 Å². The van der Waals surface area contributed by atoms with E-state index in [1.165, 1.54) is 40.7 Å². The Morgan fingerprint density at radius 1 is 1.06 bits per heavy atom. The first-order valence-corrected chi connectivity index (χ1v) is 11.1. The van der Waals surface area contributed by atoms with E-state index in [9.17, 15) is 9.59 Å². The fourth-order valence-electron chi connectivity index (χ4n) is 3.59. The molecular weight excluding hydrogens is 441 g/mol. The van der Waals surface area contributed by atoms with Gasteiger partial charge in [0.2, 0.25) is 5.91 Å². The predicted molar refractivity (Wildman–Crippen MR) is 125 cm³/mol. The van der Waals surface area contributed by atoms with Crippen LogP contribution in [0.25, 0.3) is 0 Å². The van der Waals surface area contributed by atoms with E-state index in [1.54, 1.807) is 56.3 Å². The van der Waals surface area contributed by atoms with E-state index in [0.29, 0.717) is 26.9 Å². The summed E-state index contributed by atoms with van der Waals surface area (Å²) in [6.07, 6.45) is 1.51. The van der Waals surface area contributed by atoms with Crippen LogP contribution in [0.5, 0.6) is 0 Å². The molecule has 0 fully saturated rings. The minimum atomic E-state index is -1.12. The van der Waals surface area contributed by atoms with Crippen molar-refractivity contribution in [2.24, 2.45) is 0 Å². The van der Waals surface area contributed by atoms with Gasteiger partial charge in [-0.2, -0.15) is 0 Å². The molecule has 2 aromatic heterocycles. The van der Waals surface area contributed by atoms with Gasteiger partial charge in [-0.1, -0.05) is 42.5 Å². The van der Waals surface area contributed by atoms with Crippen LogP contribution >= 0.6 is 11.3 Å². The molecule has 0 aliphatic rings. The van der Waals surface area contributed by atoms with Gasteiger partial charge in [-0.15, -0.1) is 11.3 Å². The van der Waals surface area contributed by atoms with Gasteiger partial charge in [-0.3, -0.25) is 14.5 Å². The zero-order valence-corrected chi connectivity index (χ0v) is 18.9. The summed E-state index contributed by atoms with van der Waals surface area (Å²) in [5, 5.41) is 3.53. The van der Waals surface area contributed by atoms with Crippen LogP contribution in [-0.4, -0.2) is 16.8 Å². The standard InChI is InChI=1S/C25H22FN3O3S/c1-16-23(33-17(2)28-16)25(31)29(21-13-7-6-12-20(21)26)22(18-9-4-3-5-10-18)24(30)27-15-19-11-8-14-32-19/h3-14,22H,15H2,1-2H3,(H,27,30). The molecule has 8 heteroatoms. The number of anilines is 1. The van der Waals surface area contributed by atoms with E-state index in [1.807, 2.05) is 6.07 Å².